The Morgan fingerprint density at radius 2 is 2.14 bits per heavy atom. The Morgan fingerprint density at radius 3 is 2.91 bits per heavy atom. The summed E-state index contributed by atoms with van der Waals surface area (Å²) in [5.41, 5.74) is 3.46. The number of fused-ring (bicyclic) bond motifs is 1. The van der Waals surface area contributed by atoms with Crippen molar-refractivity contribution < 1.29 is 4.79 Å². The monoisotopic (exact) mass is 294 g/mol. The minimum absolute atomic E-state index is 0.210. The van der Waals surface area contributed by atoms with Crippen molar-refractivity contribution in [3.8, 4) is 11.1 Å². The van der Waals surface area contributed by atoms with Crippen molar-refractivity contribution in [1.29, 1.82) is 0 Å². The highest BCUT2D eigenvalue weighted by Gasteiger charge is 2.09. The Balaban J connectivity index is 1.95. The molecule has 1 atom stereocenters. The fourth-order valence-corrected chi connectivity index (χ4v) is 2.49. The first kappa shape index (κ1) is 14.1. The molecule has 0 radical (unpaired) electrons. The standard InChI is InChI=1S/C17H18N4O/c1-11-5-6-19-10-15(11)13-4-3-12-8-16(21-17(22)18-2)20-9-14(12)7-13/h3-10,16,20H,1-2H3,(H2,18,21,22). The largest absolute Gasteiger partial charge is 0.367 e. The highest BCUT2D eigenvalue weighted by Crippen LogP contribution is 2.19. The lowest BCUT2D eigenvalue weighted by Gasteiger charge is -2.18. The van der Waals surface area contributed by atoms with Crippen LogP contribution >= 0.6 is 0 Å². The van der Waals surface area contributed by atoms with Gasteiger partial charge in [0.15, 0.2) is 0 Å². The number of hydrogen-bond acceptors (Lipinski definition) is 3. The van der Waals surface area contributed by atoms with Gasteiger partial charge in [0, 0.05) is 31.2 Å². The summed E-state index contributed by atoms with van der Waals surface area (Å²) in [6, 6.07) is 8.06. The number of benzene rings is 1. The predicted octanol–water partition coefficient (Wildman–Crippen LogP) is 0.434. The molecule has 0 fully saturated rings. The van der Waals surface area contributed by atoms with Crippen LogP contribution in [0.2, 0.25) is 0 Å². The van der Waals surface area contributed by atoms with Crippen LogP contribution in [0.3, 0.4) is 0 Å². The first-order valence-corrected chi connectivity index (χ1v) is 7.15. The third kappa shape index (κ3) is 2.79. The molecule has 1 aliphatic heterocycles. The molecule has 0 saturated heterocycles. The minimum Gasteiger partial charge on any atom is -0.367 e. The fourth-order valence-electron chi connectivity index (χ4n) is 2.49. The lowest BCUT2D eigenvalue weighted by Crippen LogP contribution is -2.50. The van der Waals surface area contributed by atoms with Crippen LogP contribution in [0.4, 0.5) is 4.79 Å². The van der Waals surface area contributed by atoms with Crippen molar-refractivity contribution in [1.82, 2.24) is 20.9 Å². The molecular formula is C17H18N4O. The summed E-state index contributed by atoms with van der Waals surface area (Å²) in [7, 11) is 1.60. The van der Waals surface area contributed by atoms with E-state index in [-0.39, 0.29) is 12.2 Å². The number of aromatic nitrogens is 1. The zero-order valence-corrected chi connectivity index (χ0v) is 12.6. The number of urea groups is 1. The molecule has 2 amide bonds. The van der Waals surface area contributed by atoms with Crippen molar-refractivity contribution in [2.24, 2.45) is 0 Å². The Labute approximate surface area is 128 Å². The molecule has 2 aromatic rings. The van der Waals surface area contributed by atoms with Crippen LogP contribution in [0.5, 0.6) is 0 Å². The Kier molecular flexibility index (Phi) is 3.78. The number of rotatable bonds is 2. The Bertz CT molecular complexity index is 829. The van der Waals surface area contributed by atoms with Gasteiger partial charge in [0.05, 0.1) is 0 Å². The maximum Gasteiger partial charge on any atom is 0.316 e. The predicted molar refractivity (Wildman–Crippen MR) is 87.1 cm³/mol. The van der Waals surface area contributed by atoms with E-state index in [1.165, 1.54) is 5.56 Å². The van der Waals surface area contributed by atoms with Gasteiger partial charge in [-0.05, 0) is 46.7 Å². The topological polar surface area (TPSA) is 66.0 Å². The molecule has 3 N–H and O–H groups in total. The number of amides is 2. The Morgan fingerprint density at radius 1 is 1.27 bits per heavy atom. The van der Waals surface area contributed by atoms with Gasteiger partial charge < -0.3 is 16.0 Å². The maximum atomic E-state index is 11.4. The molecule has 0 saturated carbocycles. The zero-order valence-electron chi connectivity index (χ0n) is 12.6. The third-order valence-corrected chi connectivity index (χ3v) is 3.72. The van der Waals surface area contributed by atoms with Gasteiger partial charge in [-0.1, -0.05) is 12.1 Å². The summed E-state index contributed by atoms with van der Waals surface area (Å²) in [6.45, 7) is 2.08. The number of aryl methyl sites for hydroxylation is 1. The summed E-state index contributed by atoms with van der Waals surface area (Å²) in [4.78, 5) is 15.6. The van der Waals surface area contributed by atoms with Gasteiger partial charge in [-0.15, -0.1) is 0 Å². The van der Waals surface area contributed by atoms with Crippen LogP contribution in [0.15, 0.2) is 36.7 Å². The van der Waals surface area contributed by atoms with E-state index in [0.29, 0.717) is 0 Å². The van der Waals surface area contributed by atoms with Crippen LogP contribution in [0.25, 0.3) is 23.4 Å². The molecule has 22 heavy (non-hydrogen) atoms. The van der Waals surface area contributed by atoms with Crippen LogP contribution in [-0.4, -0.2) is 24.2 Å². The summed E-state index contributed by atoms with van der Waals surface area (Å²) in [5.74, 6) is 0. The second-order valence-corrected chi connectivity index (χ2v) is 5.21. The first-order valence-electron chi connectivity index (χ1n) is 7.15. The fraction of sp³-hybridized carbons (Fsp3) is 0.176. The minimum atomic E-state index is -0.215. The van der Waals surface area contributed by atoms with E-state index in [1.807, 2.05) is 24.5 Å². The van der Waals surface area contributed by atoms with Gasteiger partial charge in [0.25, 0.3) is 0 Å². The van der Waals surface area contributed by atoms with Crippen LogP contribution in [-0.2, 0) is 0 Å². The molecule has 0 aliphatic carbocycles. The molecule has 1 aromatic carbocycles. The van der Waals surface area contributed by atoms with E-state index in [2.05, 4.69) is 46.1 Å². The van der Waals surface area contributed by atoms with Gasteiger partial charge in [0.1, 0.15) is 6.17 Å². The highest BCUT2D eigenvalue weighted by molar-refractivity contribution is 5.75. The van der Waals surface area contributed by atoms with Crippen molar-refractivity contribution >= 4 is 18.3 Å². The zero-order chi connectivity index (χ0) is 15.5. The quantitative estimate of drug-likeness (QED) is 0.753. The van der Waals surface area contributed by atoms with Crippen LogP contribution < -0.4 is 26.4 Å². The molecule has 112 valence electrons. The summed E-state index contributed by atoms with van der Waals surface area (Å²) in [5, 5.41) is 10.7. The van der Waals surface area contributed by atoms with E-state index >= 15 is 0 Å². The summed E-state index contributed by atoms with van der Waals surface area (Å²) >= 11 is 0. The van der Waals surface area contributed by atoms with Gasteiger partial charge in [-0.25, -0.2) is 4.79 Å². The molecule has 0 spiro atoms. The molecule has 2 heterocycles. The van der Waals surface area contributed by atoms with Crippen molar-refractivity contribution in [2.75, 3.05) is 7.05 Å². The number of nitrogens with zero attached hydrogens (tertiary/aromatic N) is 1. The SMILES string of the molecule is CNC(=O)NC1C=c2ccc(-c3cnccc3C)cc2=CN1. The molecule has 5 heteroatoms. The maximum absolute atomic E-state index is 11.4. The summed E-state index contributed by atoms with van der Waals surface area (Å²) in [6.07, 6.45) is 7.38. The highest BCUT2D eigenvalue weighted by atomic mass is 16.2. The van der Waals surface area contributed by atoms with Crippen LogP contribution in [0.1, 0.15) is 5.56 Å². The smallest absolute Gasteiger partial charge is 0.316 e. The molecule has 5 nitrogen and oxygen atoms in total. The number of carbonyl (C=O) groups excluding carboxylic acids is 1. The van der Waals surface area contributed by atoms with E-state index < -0.39 is 0 Å². The van der Waals surface area contributed by atoms with Crippen molar-refractivity contribution in [3.05, 3.63) is 52.7 Å². The average Bonchev–Trinajstić information content (AvgIpc) is 2.54. The number of pyridine rings is 1. The van der Waals surface area contributed by atoms with E-state index in [9.17, 15) is 4.79 Å². The normalized spacial score (nSPS) is 15.6. The molecular weight excluding hydrogens is 276 g/mol. The molecule has 1 aromatic heterocycles. The Hall–Kier alpha value is -2.82. The molecule has 3 rings (SSSR count). The molecule has 0 bridgehead atoms. The van der Waals surface area contributed by atoms with Gasteiger partial charge in [0.2, 0.25) is 0 Å². The molecule has 1 aliphatic rings. The van der Waals surface area contributed by atoms with E-state index in [1.54, 1.807) is 13.2 Å². The number of nitrogens with one attached hydrogen (secondary N) is 3. The average molecular weight is 294 g/mol. The molecule has 1 unspecified atom stereocenters. The van der Waals surface area contributed by atoms with Crippen LogP contribution in [0, 0.1) is 6.92 Å². The van der Waals surface area contributed by atoms with Gasteiger partial charge in [-0.2, -0.15) is 0 Å². The first-order chi connectivity index (χ1) is 10.7. The van der Waals surface area contributed by atoms with E-state index in [0.717, 1.165) is 21.6 Å². The van der Waals surface area contributed by atoms with Gasteiger partial charge >= 0.3 is 6.03 Å². The lowest BCUT2D eigenvalue weighted by molar-refractivity contribution is 0.241. The second-order valence-electron chi connectivity index (χ2n) is 5.21. The second kappa shape index (κ2) is 5.89. The van der Waals surface area contributed by atoms with Crippen molar-refractivity contribution in [3.63, 3.8) is 0 Å². The lowest BCUT2D eigenvalue weighted by atomic mass is 10.0. The van der Waals surface area contributed by atoms with Crippen molar-refractivity contribution in [2.45, 2.75) is 13.1 Å². The number of hydrogen-bond donors (Lipinski definition) is 3. The summed E-state index contributed by atoms with van der Waals surface area (Å²) < 4.78 is 0. The number of carbonyl (C=O) groups is 1. The third-order valence-electron chi connectivity index (χ3n) is 3.72. The van der Waals surface area contributed by atoms with E-state index in [4.69, 9.17) is 0 Å². The van der Waals surface area contributed by atoms with Gasteiger partial charge in [-0.3, -0.25) is 4.98 Å².